The maximum Gasteiger partial charge on any atom is 0.323 e. The Labute approximate surface area is 250 Å². The summed E-state index contributed by atoms with van der Waals surface area (Å²) in [7, 11) is 3.07. The van der Waals surface area contributed by atoms with E-state index in [1.54, 1.807) is 74.0 Å². The molecule has 224 valence electrons. The minimum Gasteiger partial charge on any atom is -0.493 e. The molecule has 10 heteroatoms. The van der Waals surface area contributed by atoms with Crippen molar-refractivity contribution in [2.24, 2.45) is 5.73 Å². The van der Waals surface area contributed by atoms with Crippen molar-refractivity contribution in [1.82, 2.24) is 4.98 Å². The van der Waals surface area contributed by atoms with E-state index in [0.717, 1.165) is 25.7 Å². The molecule has 4 aromatic rings. The van der Waals surface area contributed by atoms with E-state index >= 15 is 0 Å². The Morgan fingerprint density at radius 1 is 0.907 bits per heavy atom. The normalized spacial score (nSPS) is 13.7. The van der Waals surface area contributed by atoms with E-state index in [2.05, 4.69) is 10.3 Å². The molecule has 1 aliphatic rings. The molecule has 3 aromatic carbocycles. The second-order valence-electron chi connectivity index (χ2n) is 10.2. The standard InChI is InChI=1S/C33H35N3O7/c1-39-29-18-22(36-32(37)21-8-4-3-5-9-21)12-13-28(29)43-27-14-16-35-26-20-31(30(40-2)19-24(26)27)41-17-15-25(34)33(38)42-23-10-6-7-11-23/h3-5,8-9,12-14,16,18-20,23,25H,6-7,10-11,15,17,34H2,1-2H3,(H,36,37). The number of anilines is 1. The quantitative estimate of drug-likeness (QED) is 0.196. The van der Waals surface area contributed by atoms with Crippen LogP contribution in [0.2, 0.25) is 0 Å². The van der Waals surface area contributed by atoms with Crippen LogP contribution in [0.25, 0.3) is 10.9 Å². The fraction of sp³-hybridized carbons (Fsp3) is 0.303. The fourth-order valence-electron chi connectivity index (χ4n) is 4.90. The first-order valence-electron chi connectivity index (χ1n) is 14.2. The van der Waals surface area contributed by atoms with Gasteiger partial charge in [-0.1, -0.05) is 18.2 Å². The molecule has 0 saturated heterocycles. The van der Waals surface area contributed by atoms with Gasteiger partial charge in [-0.05, 0) is 62.1 Å². The average Bonchev–Trinajstić information content (AvgIpc) is 3.55. The van der Waals surface area contributed by atoms with Crippen molar-refractivity contribution in [3.05, 3.63) is 78.5 Å². The third-order valence-electron chi connectivity index (χ3n) is 7.24. The molecule has 1 saturated carbocycles. The van der Waals surface area contributed by atoms with Crippen LogP contribution in [0.5, 0.6) is 28.7 Å². The van der Waals surface area contributed by atoms with Gasteiger partial charge in [0.25, 0.3) is 5.91 Å². The van der Waals surface area contributed by atoms with Crippen LogP contribution in [0.15, 0.2) is 72.9 Å². The largest absolute Gasteiger partial charge is 0.493 e. The van der Waals surface area contributed by atoms with E-state index in [9.17, 15) is 9.59 Å². The van der Waals surface area contributed by atoms with Crippen molar-refractivity contribution in [3.8, 4) is 28.7 Å². The number of pyridine rings is 1. The summed E-state index contributed by atoms with van der Waals surface area (Å²) in [6.07, 6.45) is 5.84. The number of fused-ring (bicyclic) bond motifs is 1. The van der Waals surface area contributed by atoms with Gasteiger partial charge in [0, 0.05) is 41.4 Å². The van der Waals surface area contributed by atoms with Gasteiger partial charge in [0.15, 0.2) is 23.0 Å². The van der Waals surface area contributed by atoms with Gasteiger partial charge in [0.05, 0.1) is 26.3 Å². The summed E-state index contributed by atoms with van der Waals surface area (Å²) < 4.78 is 28.9. The Hall–Kier alpha value is -4.83. The summed E-state index contributed by atoms with van der Waals surface area (Å²) in [5.74, 6) is 1.71. The van der Waals surface area contributed by atoms with Crippen LogP contribution in [0.3, 0.4) is 0 Å². The van der Waals surface area contributed by atoms with Crippen LogP contribution in [0, 0.1) is 0 Å². The van der Waals surface area contributed by atoms with Crippen molar-refractivity contribution >= 4 is 28.5 Å². The van der Waals surface area contributed by atoms with Gasteiger partial charge in [0.1, 0.15) is 17.9 Å². The molecule has 1 fully saturated rings. The number of hydrogen-bond acceptors (Lipinski definition) is 9. The van der Waals surface area contributed by atoms with Crippen LogP contribution in [0.1, 0.15) is 42.5 Å². The van der Waals surface area contributed by atoms with Crippen molar-refractivity contribution in [2.45, 2.75) is 44.2 Å². The van der Waals surface area contributed by atoms with Crippen LogP contribution < -0.4 is 30.0 Å². The third kappa shape index (κ3) is 7.34. The van der Waals surface area contributed by atoms with E-state index in [1.807, 2.05) is 6.07 Å². The number of aromatic nitrogens is 1. The summed E-state index contributed by atoms with van der Waals surface area (Å²) in [5, 5.41) is 3.56. The Balaban J connectivity index is 1.27. The van der Waals surface area contributed by atoms with Gasteiger partial charge < -0.3 is 34.7 Å². The number of nitrogens with one attached hydrogen (secondary N) is 1. The second-order valence-corrected chi connectivity index (χ2v) is 10.2. The lowest BCUT2D eigenvalue weighted by Crippen LogP contribution is -2.35. The lowest BCUT2D eigenvalue weighted by Gasteiger charge is -2.17. The first-order chi connectivity index (χ1) is 20.9. The van der Waals surface area contributed by atoms with Gasteiger partial charge >= 0.3 is 5.97 Å². The van der Waals surface area contributed by atoms with E-state index in [1.165, 1.54) is 7.11 Å². The van der Waals surface area contributed by atoms with Crippen molar-refractivity contribution < 1.29 is 33.3 Å². The van der Waals surface area contributed by atoms with Crippen LogP contribution in [-0.2, 0) is 9.53 Å². The molecule has 1 unspecified atom stereocenters. The number of carbonyl (C=O) groups is 2. The smallest absolute Gasteiger partial charge is 0.323 e. The Kier molecular flexibility index (Phi) is 9.58. The molecule has 3 N–H and O–H groups in total. The zero-order valence-electron chi connectivity index (χ0n) is 24.2. The minimum absolute atomic E-state index is 0.0269. The van der Waals surface area contributed by atoms with Gasteiger partial charge in [-0.15, -0.1) is 0 Å². The Bertz CT molecular complexity index is 1570. The summed E-state index contributed by atoms with van der Waals surface area (Å²) in [6.45, 7) is 0.198. The molecule has 1 heterocycles. The van der Waals surface area contributed by atoms with Crippen LogP contribution in [0.4, 0.5) is 5.69 Å². The predicted molar refractivity (Wildman–Crippen MR) is 162 cm³/mol. The van der Waals surface area contributed by atoms with Gasteiger partial charge in [-0.2, -0.15) is 0 Å². The molecule has 0 aliphatic heterocycles. The van der Waals surface area contributed by atoms with E-state index < -0.39 is 12.0 Å². The highest BCUT2D eigenvalue weighted by atomic mass is 16.5. The number of nitrogens with two attached hydrogens (primary N) is 1. The summed E-state index contributed by atoms with van der Waals surface area (Å²) in [6, 6.07) is 18.6. The highest BCUT2D eigenvalue weighted by Crippen LogP contribution is 2.40. The van der Waals surface area contributed by atoms with Gasteiger partial charge in [-0.25, -0.2) is 0 Å². The molecule has 1 aromatic heterocycles. The number of nitrogens with zero attached hydrogens (tertiary/aromatic N) is 1. The van der Waals surface area contributed by atoms with Gasteiger partial charge in [-0.3, -0.25) is 14.6 Å². The van der Waals surface area contributed by atoms with E-state index in [4.69, 9.17) is 29.4 Å². The lowest BCUT2D eigenvalue weighted by molar-refractivity contribution is -0.150. The number of methoxy groups -OCH3 is 2. The number of benzene rings is 3. The van der Waals surface area contributed by atoms with Crippen molar-refractivity contribution in [1.29, 1.82) is 0 Å². The SMILES string of the molecule is COc1cc2c(Oc3ccc(NC(=O)c4ccccc4)cc3OC)ccnc2cc1OCCC(N)C(=O)OC1CCCC1. The summed E-state index contributed by atoms with van der Waals surface area (Å²) >= 11 is 0. The molecule has 1 amide bonds. The monoisotopic (exact) mass is 585 g/mol. The molecule has 10 nitrogen and oxygen atoms in total. The maximum absolute atomic E-state index is 12.6. The third-order valence-corrected chi connectivity index (χ3v) is 7.24. The molecule has 1 atom stereocenters. The maximum atomic E-state index is 12.6. The molecular weight excluding hydrogens is 550 g/mol. The van der Waals surface area contributed by atoms with Crippen LogP contribution in [-0.4, -0.2) is 49.8 Å². The number of ether oxygens (including phenoxy) is 5. The predicted octanol–water partition coefficient (Wildman–Crippen LogP) is 5.88. The van der Waals surface area contributed by atoms with Crippen LogP contribution >= 0.6 is 0 Å². The zero-order valence-corrected chi connectivity index (χ0v) is 24.2. The molecule has 43 heavy (non-hydrogen) atoms. The highest BCUT2D eigenvalue weighted by molar-refractivity contribution is 6.04. The lowest BCUT2D eigenvalue weighted by atomic mass is 10.1. The van der Waals surface area contributed by atoms with Crippen molar-refractivity contribution in [3.63, 3.8) is 0 Å². The number of rotatable bonds is 12. The Morgan fingerprint density at radius 2 is 1.65 bits per heavy atom. The molecular formula is C33H35N3O7. The topological polar surface area (TPSA) is 131 Å². The zero-order chi connectivity index (χ0) is 30.2. The molecule has 0 bridgehead atoms. The average molecular weight is 586 g/mol. The van der Waals surface area contributed by atoms with E-state index in [-0.39, 0.29) is 18.6 Å². The number of amides is 1. The summed E-state index contributed by atoms with van der Waals surface area (Å²) in [5.41, 5.74) is 7.78. The summed E-state index contributed by atoms with van der Waals surface area (Å²) in [4.78, 5) is 29.4. The number of hydrogen-bond donors (Lipinski definition) is 2. The van der Waals surface area contributed by atoms with Gasteiger partial charge in [0.2, 0.25) is 0 Å². The van der Waals surface area contributed by atoms with Crippen molar-refractivity contribution in [2.75, 3.05) is 26.1 Å². The molecule has 0 radical (unpaired) electrons. The number of esters is 1. The molecule has 5 rings (SSSR count). The second kappa shape index (κ2) is 13.9. The minimum atomic E-state index is -0.766. The van der Waals surface area contributed by atoms with E-state index in [0.29, 0.717) is 57.3 Å². The molecule has 0 spiro atoms. The highest BCUT2D eigenvalue weighted by Gasteiger charge is 2.23. The first-order valence-corrected chi connectivity index (χ1v) is 14.2. The number of carbonyl (C=O) groups excluding carboxylic acids is 2. The first kappa shape index (κ1) is 29.7. The molecule has 1 aliphatic carbocycles. The Morgan fingerprint density at radius 3 is 2.40 bits per heavy atom. The fourth-order valence-corrected chi connectivity index (χ4v) is 4.90.